The van der Waals surface area contributed by atoms with Crippen molar-refractivity contribution in [1.82, 2.24) is 10.2 Å². The van der Waals surface area contributed by atoms with Gasteiger partial charge in [-0.2, -0.15) is 13.2 Å². The number of benzene rings is 3. The maximum Gasteiger partial charge on any atom is 0.416 e. The summed E-state index contributed by atoms with van der Waals surface area (Å²) in [4.78, 5) is 29.4. The molecule has 3 aromatic rings. The van der Waals surface area contributed by atoms with Crippen molar-refractivity contribution in [3.05, 3.63) is 94.5 Å². The molecule has 0 heterocycles. The average Bonchev–Trinajstić information content (AvgIpc) is 3.50. The Bertz CT molecular complexity index is 1600. The maximum absolute atomic E-state index is 14.2. The third-order valence-corrected chi connectivity index (χ3v) is 9.13. The summed E-state index contributed by atoms with van der Waals surface area (Å²) >= 11 is 6.21. The SMILES string of the molecule is COc1cccc(CN(C(=O)CN(c2cc(C(F)(F)F)ccc2Cl)S(C)(=O)=O)[C@H](Cc2ccccc2)C(=O)NC2CCCC2)c1. The number of hydrogen-bond donors (Lipinski definition) is 1. The Kier molecular flexibility index (Phi) is 11.0. The molecule has 45 heavy (non-hydrogen) atoms. The highest BCUT2D eigenvalue weighted by Crippen LogP contribution is 2.36. The number of hydrogen-bond acceptors (Lipinski definition) is 5. The van der Waals surface area contributed by atoms with E-state index in [4.69, 9.17) is 16.3 Å². The second-order valence-electron chi connectivity index (χ2n) is 11.0. The Morgan fingerprint density at radius 2 is 1.67 bits per heavy atom. The predicted octanol–water partition coefficient (Wildman–Crippen LogP) is 5.83. The van der Waals surface area contributed by atoms with Crippen molar-refractivity contribution in [3.63, 3.8) is 0 Å². The van der Waals surface area contributed by atoms with Crippen LogP contribution in [0.5, 0.6) is 5.75 Å². The number of nitrogens with one attached hydrogen (secondary N) is 1. The van der Waals surface area contributed by atoms with E-state index in [1.54, 1.807) is 36.4 Å². The van der Waals surface area contributed by atoms with Crippen LogP contribution in [0.25, 0.3) is 0 Å². The van der Waals surface area contributed by atoms with Crippen LogP contribution in [0, 0.1) is 0 Å². The monoisotopic (exact) mass is 665 g/mol. The number of carbonyl (C=O) groups is 2. The smallest absolute Gasteiger partial charge is 0.416 e. The van der Waals surface area contributed by atoms with Crippen LogP contribution in [0.3, 0.4) is 0 Å². The van der Waals surface area contributed by atoms with Crippen LogP contribution >= 0.6 is 11.6 Å². The first kappa shape index (κ1) is 34.1. The Morgan fingerprint density at radius 3 is 2.29 bits per heavy atom. The zero-order valence-electron chi connectivity index (χ0n) is 24.9. The minimum atomic E-state index is -4.79. The second-order valence-corrected chi connectivity index (χ2v) is 13.3. The van der Waals surface area contributed by atoms with E-state index in [2.05, 4.69) is 5.32 Å². The number of nitrogens with zero attached hydrogens (tertiary/aromatic N) is 2. The van der Waals surface area contributed by atoms with Gasteiger partial charge in [-0.3, -0.25) is 13.9 Å². The molecule has 8 nitrogen and oxygen atoms in total. The van der Waals surface area contributed by atoms with Gasteiger partial charge in [0.05, 0.1) is 29.6 Å². The molecule has 3 aromatic carbocycles. The molecule has 0 radical (unpaired) electrons. The zero-order valence-corrected chi connectivity index (χ0v) is 26.5. The molecule has 0 unspecified atom stereocenters. The summed E-state index contributed by atoms with van der Waals surface area (Å²) in [5.74, 6) is -0.715. The zero-order chi connectivity index (χ0) is 32.8. The summed E-state index contributed by atoms with van der Waals surface area (Å²) in [6, 6.07) is 17.0. The number of rotatable bonds is 12. The van der Waals surface area contributed by atoms with Gasteiger partial charge in [-0.1, -0.05) is 66.9 Å². The van der Waals surface area contributed by atoms with Crippen LogP contribution in [-0.4, -0.2) is 57.1 Å². The molecule has 1 saturated carbocycles. The first-order valence-electron chi connectivity index (χ1n) is 14.4. The molecule has 13 heteroatoms. The predicted molar refractivity (Wildman–Crippen MR) is 167 cm³/mol. The van der Waals surface area contributed by atoms with Gasteiger partial charge >= 0.3 is 6.18 Å². The van der Waals surface area contributed by atoms with Gasteiger partial charge in [-0.05, 0) is 54.3 Å². The lowest BCUT2D eigenvalue weighted by Crippen LogP contribution is -2.54. The van der Waals surface area contributed by atoms with E-state index in [-0.39, 0.29) is 24.0 Å². The lowest BCUT2D eigenvalue weighted by molar-refractivity contribution is -0.140. The van der Waals surface area contributed by atoms with Gasteiger partial charge in [0.15, 0.2) is 0 Å². The number of alkyl halides is 3. The molecule has 0 aliphatic heterocycles. The topological polar surface area (TPSA) is 96.0 Å². The quantitative estimate of drug-likeness (QED) is 0.263. The van der Waals surface area contributed by atoms with E-state index in [1.807, 2.05) is 18.2 Å². The summed E-state index contributed by atoms with van der Waals surface area (Å²) in [6.07, 6.45) is -0.392. The minimum Gasteiger partial charge on any atom is -0.497 e. The Morgan fingerprint density at radius 1 is 1.00 bits per heavy atom. The molecule has 1 fully saturated rings. The fourth-order valence-corrected chi connectivity index (χ4v) is 6.49. The van der Waals surface area contributed by atoms with Crippen molar-refractivity contribution < 1.29 is 35.9 Å². The second kappa shape index (κ2) is 14.6. The van der Waals surface area contributed by atoms with Crippen molar-refractivity contribution >= 4 is 39.1 Å². The van der Waals surface area contributed by atoms with Gasteiger partial charge in [0, 0.05) is 19.0 Å². The van der Waals surface area contributed by atoms with Gasteiger partial charge in [0.1, 0.15) is 18.3 Å². The highest BCUT2D eigenvalue weighted by atomic mass is 35.5. The number of sulfonamides is 1. The van der Waals surface area contributed by atoms with Crippen molar-refractivity contribution in [2.45, 2.75) is 56.9 Å². The van der Waals surface area contributed by atoms with E-state index in [0.29, 0.717) is 21.7 Å². The maximum atomic E-state index is 14.2. The number of anilines is 1. The molecular formula is C32H35ClF3N3O5S. The van der Waals surface area contributed by atoms with Crippen molar-refractivity contribution in [2.24, 2.45) is 0 Å². The third kappa shape index (κ3) is 9.13. The van der Waals surface area contributed by atoms with Crippen LogP contribution in [0.1, 0.15) is 42.4 Å². The van der Waals surface area contributed by atoms with Crippen LogP contribution in [0.4, 0.5) is 18.9 Å². The Labute approximate surface area is 266 Å². The molecule has 1 aliphatic carbocycles. The van der Waals surface area contributed by atoms with Crippen LogP contribution in [-0.2, 0) is 38.8 Å². The number of halogens is 4. The highest BCUT2D eigenvalue weighted by Gasteiger charge is 2.36. The number of methoxy groups -OCH3 is 1. The van der Waals surface area contributed by atoms with Gasteiger partial charge < -0.3 is 15.0 Å². The molecule has 0 aromatic heterocycles. The number of carbonyl (C=O) groups excluding carboxylic acids is 2. The third-order valence-electron chi connectivity index (χ3n) is 7.68. The summed E-state index contributed by atoms with van der Waals surface area (Å²) in [7, 11) is -2.84. The van der Waals surface area contributed by atoms with Crippen molar-refractivity contribution in [1.29, 1.82) is 0 Å². The Balaban J connectivity index is 1.78. The molecule has 242 valence electrons. The molecule has 4 rings (SSSR count). The van der Waals surface area contributed by atoms with E-state index >= 15 is 0 Å². The molecular weight excluding hydrogens is 631 g/mol. The van der Waals surface area contributed by atoms with Crippen LogP contribution in [0.2, 0.25) is 5.02 Å². The fourth-order valence-electron chi connectivity index (χ4n) is 5.36. The fraction of sp³-hybridized carbons (Fsp3) is 0.375. The molecule has 0 bridgehead atoms. The van der Waals surface area contributed by atoms with E-state index < -0.39 is 51.9 Å². The Hall–Kier alpha value is -3.77. The average molecular weight is 666 g/mol. The largest absolute Gasteiger partial charge is 0.497 e. The molecule has 1 N–H and O–H groups in total. The van der Waals surface area contributed by atoms with Crippen LogP contribution < -0.4 is 14.4 Å². The number of amides is 2. The van der Waals surface area contributed by atoms with E-state index in [1.165, 1.54) is 12.0 Å². The van der Waals surface area contributed by atoms with E-state index in [9.17, 15) is 31.2 Å². The first-order chi connectivity index (χ1) is 21.3. The van der Waals surface area contributed by atoms with Crippen molar-refractivity contribution in [2.75, 3.05) is 24.2 Å². The normalized spacial score (nSPS) is 14.5. The number of ether oxygens (including phenoxy) is 1. The molecule has 0 saturated heterocycles. The molecule has 1 atom stereocenters. The molecule has 0 spiro atoms. The standard InChI is InChI=1S/C32H35ClF3N3O5S/c1-44-26-14-8-11-23(17-26)20-38(29(18-22-9-4-3-5-10-22)31(41)37-25-12-6-7-13-25)30(40)21-39(45(2,42)43)28-19-24(32(34,35)36)15-16-27(28)33/h3-5,8-11,14-17,19,25,29H,6-7,12-13,18,20-21H2,1-2H3,(H,37,41)/t29-/m1/s1. The lowest BCUT2D eigenvalue weighted by atomic mass is 10.0. The first-order valence-corrected chi connectivity index (χ1v) is 16.6. The minimum absolute atomic E-state index is 0.0685. The summed E-state index contributed by atoms with van der Waals surface area (Å²) in [6.45, 7) is -1.01. The summed E-state index contributed by atoms with van der Waals surface area (Å²) in [5.41, 5.74) is -0.279. The van der Waals surface area contributed by atoms with Gasteiger partial charge in [-0.25, -0.2) is 8.42 Å². The van der Waals surface area contributed by atoms with Gasteiger partial charge in [-0.15, -0.1) is 0 Å². The van der Waals surface area contributed by atoms with Gasteiger partial charge in [0.2, 0.25) is 21.8 Å². The van der Waals surface area contributed by atoms with Gasteiger partial charge in [0.25, 0.3) is 0 Å². The lowest BCUT2D eigenvalue weighted by Gasteiger charge is -2.34. The summed E-state index contributed by atoms with van der Waals surface area (Å²) < 4.78 is 72.6. The van der Waals surface area contributed by atoms with E-state index in [0.717, 1.165) is 49.6 Å². The van der Waals surface area contributed by atoms with Crippen LogP contribution in [0.15, 0.2) is 72.8 Å². The molecule has 2 amide bonds. The summed E-state index contributed by atoms with van der Waals surface area (Å²) in [5, 5.41) is 2.76. The molecule has 1 aliphatic rings. The highest BCUT2D eigenvalue weighted by molar-refractivity contribution is 7.92. The van der Waals surface area contributed by atoms with Crippen molar-refractivity contribution in [3.8, 4) is 5.75 Å².